The average Bonchev–Trinajstić information content (AvgIpc) is 2.49. The van der Waals surface area contributed by atoms with Gasteiger partial charge in [-0.05, 0) is 31.9 Å². The van der Waals surface area contributed by atoms with Crippen LogP contribution in [0.3, 0.4) is 0 Å². The number of anilines is 1. The van der Waals surface area contributed by atoms with Gasteiger partial charge < -0.3 is 14.8 Å². The Morgan fingerprint density at radius 1 is 1.25 bits per heavy atom. The van der Waals surface area contributed by atoms with Crippen LogP contribution in [0.1, 0.15) is 39.0 Å². The van der Waals surface area contributed by atoms with E-state index in [4.69, 9.17) is 9.47 Å². The lowest BCUT2D eigenvalue weighted by Gasteiger charge is -2.36. The zero-order chi connectivity index (χ0) is 14.4. The number of esters is 1. The summed E-state index contributed by atoms with van der Waals surface area (Å²) in [5, 5.41) is 3.40. The first-order chi connectivity index (χ1) is 9.72. The van der Waals surface area contributed by atoms with E-state index in [-0.39, 0.29) is 5.97 Å². The van der Waals surface area contributed by atoms with Crippen molar-refractivity contribution in [2.24, 2.45) is 0 Å². The van der Waals surface area contributed by atoms with Crippen LogP contribution in [0.25, 0.3) is 0 Å². The van der Waals surface area contributed by atoms with Crippen LogP contribution in [-0.2, 0) is 9.53 Å². The number of methoxy groups -OCH3 is 1. The van der Waals surface area contributed by atoms with Crippen LogP contribution in [0.15, 0.2) is 24.3 Å². The molecule has 0 amide bonds. The number of para-hydroxylation sites is 2. The molecule has 1 fully saturated rings. The fraction of sp³-hybridized carbons (Fsp3) is 0.562. The molecule has 0 atom stereocenters. The van der Waals surface area contributed by atoms with Gasteiger partial charge in [-0.3, -0.25) is 0 Å². The van der Waals surface area contributed by atoms with Gasteiger partial charge >= 0.3 is 5.97 Å². The van der Waals surface area contributed by atoms with E-state index in [9.17, 15) is 4.79 Å². The lowest BCUT2D eigenvalue weighted by atomic mass is 9.81. The zero-order valence-electron chi connectivity index (χ0n) is 12.3. The van der Waals surface area contributed by atoms with Crippen LogP contribution < -0.4 is 10.1 Å². The quantitative estimate of drug-likeness (QED) is 0.838. The lowest BCUT2D eigenvalue weighted by molar-refractivity contribution is -0.149. The van der Waals surface area contributed by atoms with Gasteiger partial charge in [0, 0.05) is 0 Å². The molecule has 0 unspecified atom stereocenters. The normalized spacial score (nSPS) is 17.3. The monoisotopic (exact) mass is 277 g/mol. The molecule has 1 saturated carbocycles. The molecule has 1 N–H and O–H groups in total. The van der Waals surface area contributed by atoms with Gasteiger partial charge in [-0.1, -0.05) is 31.4 Å². The van der Waals surface area contributed by atoms with E-state index in [1.165, 1.54) is 6.42 Å². The van der Waals surface area contributed by atoms with Crippen molar-refractivity contribution in [3.63, 3.8) is 0 Å². The first-order valence-corrected chi connectivity index (χ1v) is 7.30. The van der Waals surface area contributed by atoms with E-state index in [1.807, 2.05) is 31.2 Å². The third-order valence-electron chi connectivity index (χ3n) is 3.85. The van der Waals surface area contributed by atoms with Crippen molar-refractivity contribution < 1.29 is 14.3 Å². The van der Waals surface area contributed by atoms with Crippen molar-refractivity contribution in [1.29, 1.82) is 0 Å². The minimum atomic E-state index is -0.608. The SMILES string of the molecule is CCOC(=O)C1(Nc2ccccc2OC)CCCCC1. The Balaban J connectivity index is 2.25. The fourth-order valence-corrected chi connectivity index (χ4v) is 2.81. The van der Waals surface area contributed by atoms with Crippen LogP contribution in [0.4, 0.5) is 5.69 Å². The molecule has 0 aromatic heterocycles. The summed E-state index contributed by atoms with van der Waals surface area (Å²) in [6.45, 7) is 2.26. The molecular formula is C16H23NO3. The van der Waals surface area contributed by atoms with E-state index >= 15 is 0 Å². The maximum Gasteiger partial charge on any atom is 0.331 e. The summed E-state index contributed by atoms with van der Waals surface area (Å²) in [5.41, 5.74) is 0.244. The molecule has 4 heteroatoms. The molecule has 20 heavy (non-hydrogen) atoms. The van der Waals surface area contributed by atoms with Crippen molar-refractivity contribution in [3.05, 3.63) is 24.3 Å². The molecule has 0 spiro atoms. The molecule has 1 aliphatic carbocycles. The second-order valence-corrected chi connectivity index (χ2v) is 5.19. The number of rotatable bonds is 5. The molecule has 0 heterocycles. The molecule has 0 aliphatic heterocycles. The number of nitrogens with one attached hydrogen (secondary N) is 1. The first kappa shape index (κ1) is 14.7. The predicted molar refractivity (Wildman–Crippen MR) is 79.1 cm³/mol. The van der Waals surface area contributed by atoms with Gasteiger partial charge in [0.2, 0.25) is 0 Å². The Bertz CT molecular complexity index is 453. The standard InChI is InChI=1S/C16H23NO3/c1-3-20-15(18)16(11-7-4-8-12-16)17-13-9-5-6-10-14(13)19-2/h5-6,9-10,17H,3-4,7-8,11-12H2,1-2H3. The number of hydrogen-bond donors (Lipinski definition) is 1. The molecule has 0 radical (unpaired) electrons. The number of carbonyl (C=O) groups excluding carboxylic acids is 1. The summed E-state index contributed by atoms with van der Waals surface area (Å²) in [4.78, 5) is 12.4. The van der Waals surface area contributed by atoms with Gasteiger partial charge in [0.05, 0.1) is 19.4 Å². The Labute approximate surface area is 120 Å². The maximum absolute atomic E-state index is 12.4. The summed E-state index contributed by atoms with van der Waals surface area (Å²) in [6, 6.07) is 7.69. The zero-order valence-corrected chi connectivity index (χ0v) is 12.3. The van der Waals surface area contributed by atoms with Gasteiger partial charge in [0.1, 0.15) is 11.3 Å². The minimum absolute atomic E-state index is 0.148. The van der Waals surface area contributed by atoms with Gasteiger partial charge in [-0.15, -0.1) is 0 Å². The Morgan fingerprint density at radius 2 is 1.95 bits per heavy atom. The third-order valence-corrected chi connectivity index (χ3v) is 3.85. The second kappa shape index (κ2) is 6.64. The van der Waals surface area contributed by atoms with Crippen LogP contribution in [0, 0.1) is 0 Å². The van der Waals surface area contributed by atoms with Crippen molar-refractivity contribution in [1.82, 2.24) is 0 Å². The topological polar surface area (TPSA) is 47.6 Å². The highest BCUT2D eigenvalue weighted by atomic mass is 16.5. The van der Waals surface area contributed by atoms with E-state index in [2.05, 4.69) is 5.32 Å². The third kappa shape index (κ3) is 3.06. The summed E-state index contributed by atoms with van der Waals surface area (Å²) in [6.07, 6.45) is 4.88. The van der Waals surface area contributed by atoms with E-state index in [0.717, 1.165) is 37.1 Å². The van der Waals surface area contributed by atoms with Gasteiger partial charge in [-0.25, -0.2) is 4.79 Å². The summed E-state index contributed by atoms with van der Waals surface area (Å²) in [5.74, 6) is 0.604. The molecule has 1 aliphatic rings. The number of carbonyl (C=O) groups is 1. The minimum Gasteiger partial charge on any atom is -0.495 e. The lowest BCUT2D eigenvalue weighted by Crippen LogP contribution is -2.49. The highest BCUT2D eigenvalue weighted by molar-refractivity contribution is 5.85. The van der Waals surface area contributed by atoms with Crippen molar-refractivity contribution in [2.75, 3.05) is 19.0 Å². The molecule has 1 aromatic rings. The smallest absolute Gasteiger partial charge is 0.331 e. The molecule has 1 aromatic carbocycles. The predicted octanol–water partition coefficient (Wildman–Crippen LogP) is 3.37. The van der Waals surface area contributed by atoms with E-state index < -0.39 is 5.54 Å². The number of benzene rings is 1. The maximum atomic E-state index is 12.4. The van der Waals surface area contributed by atoms with Crippen LogP contribution in [0.2, 0.25) is 0 Å². The van der Waals surface area contributed by atoms with E-state index in [0.29, 0.717) is 6.61 Å². The highest BCUT2D eigenvalue weighted by Crippen LogP contribution is 2.35. The Kier molecular flexibility index (Phi) is 4.88. The molecule has 0 saturated heterocycles. The van der Waals surface area contributed by atoms with Gasteiger partial charge in [0.25, 0.3) is 0 Å². The average molecular weight is 277 g/mol. The fourth-order valence-electron chi connectivity index (χ4n) is 2.81. The van der Waals surface area contributed by atoms with Crippen molar-refractivity contribution in [3.8, 4) is 5.75 Å². The molecular weight excluding hydrogens is 254 g/mol. The van der Waals surface area contributed by atoms with Crippen LogP contribution in [-0.4, -0.2) is 25.2 Å². The van der Waals surface area contributed by atoms with Crippen LogP contribution in [0.5, 0.6) is 5.75 Å². The highest BCUT2D eigenvalue weighted by Gasteiger charge is 2.41. The Morgan fingerprint density at radius 3 is 2.60 bits per heavy atom. The number of ether oxygens (including phenoxy) is 2. The Hall–Kier alpha value is -1.71. The van der Waals surface area contributed by atoms with Gasteiger partial charge in [-0.2, -0.15) is 0 Å². The molecule has 0 bridgehead atoms. The van der Waals surface area contributed by atoms with Crippen molar-refractivity contribution in [2.45, 2.75) is 44.6 Å². The molecule has 110 valence electrons. The second-order valence-electron chi connectivity index (χ2n) is 5.19. The van der Waals surface area contributed by atoms with Crippen molar-refractivity contribution >= 4 is 11.7 Å². The first-order valence-electron chi connectivity index (χ1n) is 7.30. The largest absolute Gasteiger partial charge is 0.495 e. The summed E-state index contributed by atoms with van der Waals surface area (Å²) in [7, 11) is 1.64. The van der Waals surface area contributed by atoms with Gasteiger partial charge in [0.15, 0.2) is 0 Å². The summed E-state index contributed by atoms with van der Waals surface area (Å²) >= 11 is 0. The number of hydrogen-bond acceptors (Lipinski definition) is 4. The molecule has 4 nitrogen and oxygen atoms in total. The summed E-state index contributed by atoms with van der Waals surface area (Å²) < 4.78 is 10.6. The molecule has 2 rings (SSSR count). The van der Waals surface area contributed by atoms with E-state index in [1.54, 1.807) is 7.11 Å². The van der Waals surface area contributed by atoms with Crippen LogP contribution >= 0.6 is 0 Å².